The van der Waals surface area contributed by atoms with Gasteiger partial charge in [-0.1, -0.05) is 29.8 Å². The zero-order chi connectivity index (χ0) is 18.5. The highest BCUT2D eigenvalue weighted by Gasteiger charge is 2.17. The molecular weight excluding hydrogens is 350 g/mol. The molecule has 1 unspecified atom stereocenters. The quantitative estimate of drug-likeness (QED) is 0.795. The molecule has 26 heavy (non-hydrogen) atoms. The Balaban J connectivity index is 1.64. The molecule has 0 bridgehead atoms. The second kappa shape index (κ2) is 8.56. The molecule has 1 amide bonds. The Morgan fingerprint density at radius 3 is 2.81 bits per heavy atom. The third-order valence-electron chi connectivity index (χ3n) is 4.78. The molecule has 2 aromatic carbocycles. The molecule has 0 radical (unpaired) electrons. The Morgan fingerprint density at radius 1 is 1.27 bits per heavy atom. The van der Waals surface area contributed by atoms with Crippen molar-refractivity contribution in [1.82, 2.24) is 4.90 Å². The van der Waals surface area contributed by atoms with Crippen molar-refractivity contribution in [2.45, 2.75) is 31.8 Å². The van der Waals surface area contributed by atoms with Crippen LogP contribution in [0.2, 0.25) is 5.02 Å². The SMILES string of the molecule is CN(CCCC1CCCO1)C(=O)c1cccc(-c2ccc(O)c(Cl)c2)c1. The van der Waals surface area contributed by atoms with Crippen LogP contribution in [0, 0.1) is 0 Å². The van der Waals surface area contributed by atoms with E-state index >= 15 is 0 Å². The van der Waals surface area contributed by atoms with Gasteiger partial charge in [-0.3, -0.25) is 4.79 Å². The first kappa shape index (κ1) is 18.7. The third-order valence-corrected chi connectivity index (χ3v) is 5.08. The minimum atomic E-state index is 0.00376. The van der Waals surface area contributed by atoms with Gasteiger partial charge in [0.15, 0.2) is 0 Å². The minimum Gasteiger partial charge on any atom is -0.506 e. The number of hydrogen-bond acceptors (Lipinski definition) is 3. The van der Waals surface area contributed by atoms with Gasteiger partial charge in [0.1, 0.15) is 5.75 Å². The number of amides is 1. The van der Waals surface area contributed by atoms with Crippen LogP contribution in [0.1, 0.15) is 36.0 Å². The predicted molar refractivity (Wildman–Crippen MR) is 104 cm³/mol. The van der Waals surface area contributed by atoms with E-state index in [1.807, 2.05) is 31.3 Å². The number of carbonyl (C=O) groups is 1. The molecular formula is C21H24ClNO3. The van der Waals surface area contributed by atoms with Crippen molar-refractivity contribution in [3.63, 3.8) is 0 Å². The molecule has 1 N–H and O–H groups in total. The van der Waals surface area contributed by atoms with E-state index in [9.17, 15) is 9.90 Å². The number of benzene rings is 2. The fourth-order valence-corrected chi connectivity index (χ4v) is 3.45. The van der Waals surface area contributed by atoms with E-state index in [2.05, 4.69) is 0 Å². The van der Waals surface area contributed by atoms with E-state index in [4.69, 9.17) is 16.3 Å². The number of nitrogens with zero attached hydrogens (tertiary/aromatic N) is 1. The van der Waals surface area contributed by atoms with Crippen LogP contribution in [0.5, 0.6) is 5.75 Å². The predicted octanol–water partition coefficient (Wildman–Crippen LogP) is 4.74. The lowest BCUT2D eigenvalue weighted by Gasteiger charge is -2.18. The number of ether oxygens (including phenoxy) is 1. The van der Waals surface area contributed by atoms with E-state index in [0.717, 1.165) is 43.4 Å². The molecule has 0 aromatic heterocycles. The molecule has 1 heterocycles. The molecule has 3 rings (SSSR count). The zero-order valence-corrected chi connectivity index (χ0v) is 15.7. The second-order valence-electron chi connectivity index (χ2n) is 6.75. The van der Waals surface area contributed by atoms with Crippen molar-refractivity contribution >= 4 is 17.5 Å². The summed E-state index contributed by atoms with van der Waals surface area (Å²) >= 11 is 5.99. The second-order valence-corrected chi connectivity index (χ2v) is 7.16. The van der Waals surface area contributed by atoms with Crippen molar-refractivity contribution in [3.8, 4) is 16.9 Å². The first-order valence-electron chi connectivity index (χ1n) is 9.00. The van der Waals surface area contributed by atoms with Gasteiger partial charge in [-0.25, -0.2) is 0 Å². The summed E-state index contributed by atoms with van der Waals surface area (Å²) in [5, 5.41) is 9.86. The lowest BCUT2D eigenvalue weighted by molar-refractivity contribution is 0.0763. The number of phenols is 1. The third kappa shape index (κ3) is 4.57. The monoisotopic (exact) mass is 373 g/mol. The van der Waals surface area contributed by atoms with Crippen molar-refractivity contribution < 1.29 is 14.6 Å². The van der Waals surface area contributed by atoms with Crippen LogP contribution >= 0.6 is 11.6 Å². The van der Waals surface area contributed by atoms with E-state index in [0.29, 0.717) is 23.2 Å². The maximum absolute atomic E-state index is 12.7. The minimum absolute atomic E-state index is 0.00376. The van der Waals surface area contributed by atoms with E-state index in [-0.39, 0.29) is 11.7 Å². The van der Waals surface area contributed by atoms with Crippen molar-refractivity contribution in [2.24, 2.45) is 0 Å². The number of rotatable bonds is 6. The standard InChI is InChI=1S/C21H24ClNO3/c1-23(11-3-7-18-8-4-12-26-18)21(25)17-6-2-5-15(13-17)16-9-10-20(24)19(22)14-16/h2,5-6,9-10,13-14,18,24H,3-4,7-8,11-12H2,1H3. The highest BCUT2D eigenvalue weighted by molar-refractivity contribution is 6.32. The maximum Gasteiger partial charge on any atom is 0.253 e. The smallest absolute Gasteiger partial charge is 0.253 e. The number of hydrogen-bond donors (Lipinski definition) is 1. The van der Waals surface area contributed by atoms with Gasteiger partial charge in [-0.2, -0.15) is 0 Å². The van der Waals surface area contributed by atoms with Crippen molar-refractivity contribution in [1.29, 1.82) is 0 Å². The van der Waals surface area contributed by atoms with Crippen molar-refractivity contribution in [3.05, 3.63) is 53.1 Å². The molecule has 1 atom stereocenters. The summed E-state index contributed by atoms with van der Waals surface area (Å²) in [6, 6.07) is 12.5. The summed E-state index contributed by atoms with van der Waals surface area (Å²) in [4.78, 5) is 14.5. The van der Waals surface area contributed by atoms with E-state index in [1.165, 1.54) is 0 Å². The van der Waals surface area contributed by atoms with E-state index < -0.39 is 0 Å². The molecule has 138 valence electrons. The first-order valence-corrected chi connectivity index (χ1v) is 9.38. The van der Waals surface area contributed by atoms with Gasteiger partial charge in [0.25, 0.3) is 5.91 Å². The number of phenolic OH excluding ortho intramolecular Hbond substituents is 1. The largest absolute Gasteiger partial charge is 0.506 e. The van der Waals surface area contributed by atoms with Gasteiger partial charge >= 0.3 is 0 Å². The molecule has 1 saturated heterocycles. The summed E-state index contributed by atoms with van der Waals surface area (Å²) in [5.41, 5.74) is 2.40. The Kier molecular flexibility index (Phi) is 6.17. The summed E-state index contributed by atoms with van der Waals surface area (Å²) in [6.07, 6.45) is 4.59. The van der Waals surface area contributed by atoms with Crippen LogP contribution in [0.25, 0.3) is 11.1 Å². The highest BCUT2D eigenvalue weighted by Crippen LogP contribution is 2.30. The van der Waals surface area contributed by atoms with Crippen molar-refractivity contribution in [2.75, 3.05) is 20.2 Å². The Morgan fingerprint density at radius 2 is 2.08 bits per heavy atom. The van der Waals surface area contributed by atoms with Crippen LogP contribution in [0.4, 0.5) is 0 Å². The number of aromatic hydroxyl groups is 1. The lowest BCUT2D eigenvalue weighted by atomic mass is 10.0. The molecule has 1 aliphatic rings. The van der Waals surface area contributed by atoms with Gasteiger partial charge in [0.05, 0.1) is 11.1 Å². The number of halogens is 1. The fraction of sp³-hybridized carbons (Fsp3) is 0.381. The van der Waals surface area contributed by atoms with Crippen LogP contribution in [-0.2, 0) is 4.74 Å². The molecule has 2 aromatic rings. The first-order chi connectivity index (χ1) is 12.5. The lowest BCUT2D eigenvalue weighted by Crippen LogP contribution is -2.28. The summed E-state index contributed by atoms with van der Waals surface area (Å²) in [5.74, 6) is 0.0534. The van der Waals surface area contributed by atoms with E-state index in [1.54, 1.807) is 23.1 Å². The molecule has 0 saturated carbocycles. The van der Waals surface area contributed by atoms with Gasteiger partial charge in [0.2, 0.25) is 0 Å². The fourth-order valence-electron chi connectivity index (χ4n) is 3.27. The van der Waals surface area contributed by atoms with Crippen LogP contribution in [0.3, 0.4) is 0 Å². The van der Waals surface area contributed by atoms with Crippen LogP contribution in [-0.4, -0.2) is 42.2 Å². The average molecular weight is 374 g/mol. The Hall–Kier alpha value is -2.04. The normalized spacial score (nSPS) is 16.6. The summed E-state index contributed by atoms with van der Waals surface area (Å²) in [6.45, 7) is 1.58. The van der Waals surface area contributed by atoms with Gasteiger partial charge in [0, 0.05) is 25.8 Å². The zero-order valence-electron chi connectivity index (χ0n) is 15.0. The molecule has 1 aliphatic heterocycles. The van der Waals surface area contributed by atoms with Crippen LogP contribution in [0.15, 0.2) is 42.5 Å². The highest BCUT2D eigenvalue weighted by atomic mass is 35.5. The summed E-state index contributed by atoms with van der Waals surface area (Å²) < 4.78 is 5.63. The average Bonchev–Trinajstić information content (AvgIpc) is 3.17. The molecule has 1 fully saturated rings. The maximum atomic E-state index is 12.7. The summed E-state index contributed by atoms with van der Waals surface area (Å²) in [7, 11) is 1.84. The molecule has 0 spiro atoms. The topological polar surface area (TPSA) is 49.8 Å². The Bertz CT molecular complexity index is 772. The Labute approximate surface area is 159 Å². The van der Waals surface area contributed by atoms with Gasteiger partial charge in [-0.15, -0.1) is 0 Å². The van der Waals surface area contributed by atoms with Gasteiger partial charge in [-0.05, 0) is 61.1 Å². The molecule has 5 heteroatoms. The number of carbonyl (C=O) groups excluding carboxylic acids is 1. The molecule has 4 nitrogen and oxygen atoms in total. The van der Waals surface area contributed by atoms with Crippen LogP contribution < -0.4 is 0 Å². The molecule has 0 aliphatic carbocycles. The van der Waals surface area contributed by atoms with Gasteiger partial charge < -0.3 is 14.7 Å².